The molecule has 0 N–H and O–H groups in total. The molecule has 0 unspecified atom stereocenters. The van der Waals surface area contributed by atoms with Crippen molar-refractivity contribution in [3.05, 3.63) is 70.3 Å². The zero-order valence-corrected chi connectivity index (χ0v) is 23.7. The van der Waals surface area contributed by atoms with E-state index in [9.17, 15) is 4.79 Å². The minimum absolute atomic E-state index is 0.121. The quantitative estimate of drug-likeness (QED) is 0.269. The van der Waals surface area contributed by atoms with Crippen molar-refractivity contribution in [2.75, 3.05) is 32.8 Å². The number of piperidine rings is 2. The number of aryl methyl sites for hydroxylation is 1. The topological polar surface area (TPSA) is 50.1 Å². The van der Waals surface area contributed by atoms with Crippen molar-refractivity contribution < 1.29 is 9.63 Å². The zero-order valence-electron chi connectivity index (χ0n) is 22.1. The fraction of sp³-hybridized carbons (Fsp3) is 0.467. The first kappa shape index (κ1) is 26.0. The molecule has 3 aromatic rings. The van der Waals surface area contributed by atoms with Crippen LogP contribution in [-0.2, 0) is 11.9 Å². The molecule has 0 atom stereocenters. The SMILES string of the molecule is CCO/N=C(\c1ccc(Br)cc1)C1CCN(C2(C)CCN(C(=O)c3cc4ccccc4n3C)CC2)CC1. The Morgan fingerprint density at radius 2 is 1.73 bits per heavy atom. The summed E-state index contributed by atoms with van der Waals surface area (Å²) in [7, 11) is 1.99. The van der Waals surface area contributed by atoms with Crippen molar-refractivity contribution in [2.24, 2.45) is 18.1 Å². The van der Waals surface area contributed by atoms with Gasteiger partial charge < -0.3 is 14.3 Å². The van der Waals surface area contributed by atoms with E-state index in [4.69, 9.17) is 4.84 Å². The molecule has 2 aliphatic rings. The van der Waals surface area contributed by atoms with Crippen LogP contribution in [0.25, 0.3) is 10.9 Å². The van der Waals surface area contributed by atoms with Crippen LogP contribution in [0.15, 0.2) is 64.2 Å². The van der Waals surface area contributed by atoms with Gasteiger partial charge in [-0.05, 0) is 82.4 Å². The van der Waals surface area contributed by atoms with Gasteiger partial charge in [-0.25, -0.2) is 0 Å². The maximum Gasteiger partial charge on any atom is 0.270 e. The number of hydrogen-bond acceptors (Lipinski definition) is 4. The first-order valence-corrected chi connectivity index (χ1v) is 14.2. The van der Waals surface area contributed by atoms with E-state index in [-0.39, 0.29) is 11.4 Å². The molecular weight excluding hydrogens is 528 g/mol. The molecule has 1 amide bonds. The summed E-state index contributed by atoms with van der Waals surface area (Å²) < 4.78 is 3.10. The van der Waals surface area contributed by atoms with E-state index >= 15 is 0 Å². The fourth-order valence-electron chi connectivity index (χ4n) is 5.97. The molecule has 2 fully saturated rings. The number of carbonyl (C=O) groups is 1. The van der Waals surface area contributed by atoms with Crippen LogP contribution in [0.3, 0.4) is 0 Å². The number of benzene rings is 2. The van der Waals surface area contributed by atoms with Crippen molar-refractivity contribution in [3.8, 4) is 0 Å². The van der Waals surface area contributed by atoms with Gasteiger partial charge in [0, 0.05) is 47.0 Å². The van der Waals surface area contributed by atoms with Gasteiger partial charge in [0.15, 0.2) is 0 Å². The lowest BCUT2D eigenvalue weighted by Gasteiger charge is -2.49. The molecule has 3 heterocycles. The molecule has 0 saturated carbocycles. The Hall–Kier alpha value is -2.64. The normalized spacial score (nSPS) is 19.4. The lowest BCUT2D eigenvalue weighted by molar-refractivity contribution is 0.0158. The van der Waals surface area contributed by atoms with Crippen LogP contribution in [-0.4, -0.2) is 64.3 Å². The highest BCUT2D eigenvalue weighted by Crippen LogP contribution is 2.34. The Bertz CT molecular complexity index is 1270. The van der Waals surface area contributed by atoms with Crippen LogP contribution >= 0.6 is 15.9 Å². The van der Waals surface area contributed by atoms with Crippen LogP contribution in [0, 0.1) is 5.92 Å². The monoisotopic (exact) mass is 564 g/mol. The zero-order chi connectivity index (χ0) is 26.0. The molecule has 0 radical (unpaired) electrons. The molecule has 2 aromatic carbocycles. The lowest BCUT2D eigenvalue weighted by atomic mass is 9.82. The van der Waals surface area contributed by atoms with E-state index in [1.807, 2.05) is 41.6 Å². The molecule has 2 saturated heterocycles. The summed E-state index contributed by atoms with van der Waals surface area (Å²) in [4.78, 5) is 23.6. The maximum atomic E-state index is 13.4. The van der Waals surface area contributed by atoms with Gasteiger partial charge in [-0.3, -0.25) is 9.69 Å². The summed E-state index contributed by atoms with van der Waals surface area (Å²) in [6.45, 7) is 8.61. The Balaban J connectivity index is 1.21. The Labute approximate surface area is 228 Å². The summed E-state index contributed by atoms with van der Waals surface area (Å²) in [5.74, 6) is 0.534. The highest BCUT2D eigenvalue weighted by atomic mass is 79.9. The van der Waals surface area contributed by atoms with Crippen molar-refractivity contribution in [3.63, 3.8) is 0 Å². The first-order chi connectivity index (χ1) is 17.9. The number of carbonyl (C=O) groups excluding carboxylic acids is 1. The second-order valence-corrected chi connectivity index (χ2v) is 11.5. The van der Waals surface area contributed by atoms with E-state index in [2.05, 4.69) is 69.3 Å². The Morgan fingerprint density at radius 3 is 2.38 bits per heavy atom. The average molecular weight is 566 g/mol. The van der Waals surface area contributed by atoms with Crippen molar-refractivity contribution >= 4 is 38.5 Å². The third-order valence-electron chi connectivity index (χ3n) is 8.38. The third-order valence-corrected chi connectivity index (χ3v) is 8.90. The number of hydrogen-bond donors (Lipinski definition) is 0. The Morgan fingerprint density at radius 1 is 1.05 bits per heavy atom. The van der Waals surface area contributed by atoms with Gasteiger partial charge in [0.05, 0.1) is 5.71 Å². The predicted octanol–water partition coefficient (Wildman–Crippen LogP) is 6.09. The number of para-hydroxylation sites is 1. The van der Waals surface area contributed by atoms with Crippen LogP contribution in [0.1, 0.15) is 55.6 Å². The molecular formula is C30H37BrN4O2. The van der Waals surface area contributed by atoms with Gasteiger partial charge >= 0.3 is 0 Å². The molecule has 1 aromatic heterocycles. The maximum absolute atomic E-state index is 13.4. The predicted molar refractivity (Wildman–Crippen MR) is 153 cm³/mol. The van der Waals surface area contributed by atoms with Gasteiger partial charge in [-0.2, -0.15) is 0 Å². The summed E-state index contributed by atoms with van der Waals surface area (Å²) >= 11 is 3.54. The van der Waals surface area contributed by atoms with Gasteiger partial charge in [-0.1, -0.05) is 51.4 Å². The largest absolute Gasteiger partial charge is 0.396 e. The molecule has 196 valence electrons. The van der Waals surface area contributed by atoms with Crippen LogP contribution in [0.5, 0.6) is 0 Å². The number of oxime groups is 1. The Kier molecular flexibility index (Phi) is 7.72. The molecule has 7 heteroatoms. The van der Waals surface area contributed by atoms with Crippen molar-refractivity contribution in [1.29, 1.82) is 0 Å². The van der Waals surface area contributed by atoms with Crippen LogP contribution in [0.4, 0.5) is 0 Å². The summed E-state index contributed by atoms with van der Waals surface area (Å²) in [6.07, 6.45) is 4.13. The molecule has 6 nitrogen and oxygen atoms in total. The minimum Gasteiger partial charge on any atom is -0.396 e. The summed E-state index contributed by atoms with van der Waals surface area (Å²) in [5.41, 5.74) is 4.21. The number of rotatable bonds is 6. The van der Waals surface area contributed by atoms with E-state index < -0.39 is 0 Å². The number of likely N-dealkylation sites (tertiary alicyclic amines) is 2. The van der Waals surface area contributed by atoms with E-state index in [1.165, 1.54) is 0 Å². The minimum atomic E-state index is 0.121. The lowest BCUT2D eigenvalue weighted by Crippen LogP contribution is -2.56. The number of aromatic nitrogens is 1. The number of halogens is 1. The average Bonchev–Trinajstić information content (AvgIpc) is 3.26. The van der Waals surface area contributed by atoms with E-state index in [0.29, 0.717) is 12.5 Å². The van der Waals surface area contributed by atoms with Gasteiger partial charge in [0.1, 0.15) is 12.3 Å². The highest BCUT2D eigenvalue weighted by molar-refractivity contribution is 9.10. The van der Waals surface area contributed by atoms with Gasteiger partial charge in [-0.15, -0.1) is 0 Å². The molecule has 2 aliphatic heterocycles. The fourth-order valence-corrected chi connectivity index (χ4v) is 6.24. The standard InChI is InChI=1S/C30H37BrN4O2/c1-4-37-32-28(22-9-11-25(31)12-10-22)23-13-17-35(18-14-23)30(2)15-19-34(20-16-30)29(36)27-21-24-7-5-6-8-26(24)33(27)3/h5-12,21,23H,4,13-20H2,1-3H3/b32-28+. The third kappa shape index (κ3) is 5.34. The number of nitrogens with zero attached hydrogens (tertiary/aromatic N) is 4. The summed E-state index contributed by atoms with van der Waals surface area (Å²) in [6, 6.07) is 18.6. The smallest absolute Gasteiger partial charge is 0.270 e. The van der Waals surface area contributed by atoms with Gasteiger partial charge in [0.25, 0.3) is 5.91 Å². The second-order valence-electron chi connectivity index (χ2n) is 10.6. The molecule has 0 aliphatic carbocycles. The molecule has 37 heavy (non-hydrogen) atoms. The number of amides is 1. The molecule has 5 rings (SSSR count). The summed E-state index contributed by atoms with van der Waals surface area (Å²) in [5, 5.41) is 5.66. The van der Waals surface area contributed by atoms with E-state index in [1.54, 1.807) is 0 Å². The van der Waals surface area contributed by atoms with E-state index in [0.717, 1.165) is 84.2 Å². The number of fused-ring (bicyclic) bond motifs is 1. The van der Waals surface area contributed by atoms with Crippen molar-refractivity contribution in [1.82, 2.24) is 14.4 Å². The van der Waals surface area contributed by atoms with Crippen molar-refractivity contribution in [2.45, 2.75) is 45.1 Å². The van der Waals surface area contributed by atoms with Crippen LogP contribution < -0.4 is 0 Å². The highest BCUT2D eigenvalue weighted by Gasteiger charge is 2.39. The first-order valence-electron chi connectivity index (χ1n) is 13.4. The molecule has 0 spiro atoms. The molecule has 0 bridgehead atoms. The van der Waals surface area contributed by atoms with Crippen LogP contribution in [0.2, 0.25) is 0 Å². The second kappa shape index (κ2) is 11.0. The van der Waals surface area contributed by atoms with Gasteiger partial charge in [0.2, 0.25) is 0 Å².